The molecule has 1 aliphatic carbocycles. The van der Waals surface area contributed by atoms with Crippen molar-refractivity contribution in [1.29, 1.82) is 0 Å². The van der Waals surface area contributed by atoms with E-state index in [1.54, 1.807) is 0 Å². The van der Waals surface area contributed by atoms with Crippen molar-refractivity contribution < 1.29 is 0 Å². The molecular formula is C16H17BrN2. The third kappa shape index (κ3) is 2.88. The second-order valence-electron chi connectivity index (χ2n) is 5.27. The Labute approximate surface area is 122 Å². The Balaban J connectivity index is 1.66. The van der Waals surface area contributed by atoms with Crippen molar-refractivity contribution in [2.24, 2.45) is 11.7 Å². The van der Waals surface area contributed by atoms with E-state index < -0.39 is 0 Å². The van der Waals surface area contributed by atoms with E-state index in [9.17, 15) is 0 Å². The summed E-state index contributed by atoms with van der Waals surface area (Å²) < 4.78 is 1.01. The van der Waals surface area contributed by atoms with Crippen LogP contribution in [0, 0.1) is 5.92 Å². The van der Waals surface area contributed by atoms with Gasteiger partial charge in [0.1, 0.15) is 0 Å². The summed E-state index contributed by atoms with van der Waals surface area (Å²) in [5.41, 5.74) is 10.4. The third-order valence-corrected chi connectivity index (χ3v) is 4.39. The Kier molecular flexibility index (Phi) is 3.67. The molecule has 3 heteroatoms. The third-order valence-electron chi connectivity index (χ3n) is 3.92. The van der Waals surface area contributed by atoms with Crippen molar-refractivity contribution in [3.05, 3.63) is 63.9 Å². The molecular weight excluding hydrogens is 300 g/mol. The molecule has 0 saturated carbocycles. The molecule has 2 aromatic rings. The van der Waals surface area contributed by atoms with E-state index in [2.05, 4.69) is 45.2 Å². The summed E-state index contributed by atoms with van der Waals surface area (Å²) in [5.74, 6) is 0.544. The molecule has 1 heterocycles. The molecule has 1 atom stereocenters. The lowest BCUT2D eigenvalue weighted by molar-refractivity contribution is 0.434. The molecule has 2 N–H and O–H groups in total. The highest BCUT2D eigenvalue weighted by molar-refractivity contribution is 9.10. The lowest BCUT2D eigenvalue weighted by Crippen LogP contribution is -2.33. The van der Waals surface area contributed by atoms with Gasteiger partial charge in [0.2, 0.25) is 0 Å². The smallest absolute Gasteiger partial charge is 0.0420 e. The molecule has 2 nitrogen and oxygen atoms in total. The van der Waals surface area contributed by atoms with Gasteiger partial charge >= 0.3 is 0 Å². The number of nitrogens with two attached hydrogens (primary N) is 1. The second-order valence-corrected chi connectivity index (χ2v) is 6.19. The SMILES string of the molecule is NC(Cc1ccc(Br)cn1)C1Cc2ccccc2C1. The molecule has 0 bridgehead atoms. The molecule has 0 aliphatic heterocycles. The van der Waals surface area contributed by atoms with Gasteiger partial charge in [-0.25, -0.2) is 0 Å². The number of hydrogen-bond acceptors (Lipinski definition) is 2. The van der Waals surface area contributed by atoms with E-state index in [0.29, 0.717) is 5.92 Å². The van der Waals surface area contributed by atoms with Gasteiger partial charge in [0, 0.05) is 28.8 Å². The molecule has 0 amide bonds. The fourth-order valence-corrected chi connectivity index (χ4v) is 3.07. The zero-order chi connectivity index (χ0) is 13.2. The van der Waals surface area contributed by atoms with Crippen molar-refractivity contribution in [1.82, 2.24) is 4.98 Å². The fraction of sp³-hybridized carbons (Fsp3) is 0.312. The molecule has 19 heavy (non-hydrogen) atoms. The molecule has 1 aliphatic rings. The number of rotatable bonds is 3. The summed E-state index contributed by atoms with van der Waals surface area (Å²) in [6.45, 7) is 0. The number of pyridine rings is 1. The van der Waals surface area contributed by atoms with Crippen LogP contribution >= 0.6 is 15.9 Å². The van der Waals surface area contributed by atoms with Crippen LogP contribution in [0.4, 0.5) is 0 Å². The minimum atomic E-state index is 0.182. The number of fused-ring (bicyclic) bond motifs is 1. The van der Waals surface area contributed by atoms with Crippen molar-refractivity contribution >= 4 is 15.9 Å². The van der Waals surface area contributed by atoms with Gasteiger partial charge in [-0.05, 0) is 57.9 Å². The number of nitrogens with zero attached hydrogens (tertiary/aromatic N) is 1. The summed E-state index contributed by atoms with van der Waals surface area (Å²) in [6.07, 6.45) is 4.90. The van der Waals surface area contributed by atoms with Crippen LogP contribution in [0.25, 0.3) is 0 Å². The normalized spacial score (nSPS) is 16.3. The molecule has 0 saturated heterocycles. The lowest BCUT2D eigenvalue weighted by atomic mass is 9.93. The molecule has 1 aromatic heterocycles. The molecule has 1 aromatic carbocycles. The van der Waals surface area contributed by atoms with Gasteiger partial charge < -0.3 is 5.73 Å². The predicted octanol–water partition coefficient (Wildman–Crippen LogP) is 3.13. The topological polar surface area (TPSA) is 38.9 Å². The van der Waals surface area contributed by atoms with E-state index >= 15 is 0 Å². The molecule has 1 unspecified atom stereocenters. The first kappa shape index (κ1) is 12.8. The number of aromatic nitrogens is 1. The zero-order valence-electron chi connectivity index (χ0n) is 10.7. The number of hydrogen-bond donors (Lipinski definition) is 1. The second kappa shape index (κ2) is 5.43. The van der Waals surface area contributed by atoms with E-state index in [0.717, 1.165) is 29.4 Å². The number of benzene rings is 1. The average molecular weight is 317 g/mol. The Morgan fingerprint density at radius 1 is 1.16 bits per heavy atom. The van der Waals surface area contributed by atoms with E-state index in [4.69, 9.17) is 5.73 Å². The van der Waals surface area contributed by atoms with Gasteiger partial charge in [0.05, 0.1) is 0 Å². The zero-order valence-corrected chi connectivity index (χ0v) is 12.3. The Morgan fingerprint density at radius 2 is 1.84 bits per heavy atom. The first-order valence-electron chi connectivity index (χ1n) is 6.65. The highest BCUT2D eigenvalue weighted by Crippen LogP contribution is 2.28. The lowest BCUT2D eigenvalue weighted by Gasteiger charge is -2.18. The van der Waals surface area contributed by atoms with Crippen LogP contribution in [0.5, 0.6) is 0 Å². The van der Waals surface area contributed by atoms with Gasteiger partial charge in [-0.2, -0.15) is 0 Å². The van der Waals surface area contributed by atoms with Crippen molar-refractivity contribution in [2.75, 3.05) is 0 Å². The first-order chi connectivity index (χ1) is 9.22. The minimum absolute atomic E-state index is 0.182. The van der Waals surface area contributed by atoms with Crippen LogP contribution < -0.4 is 5.73 Å². The molecule has 98 valence electrons. The van der Waals surface area contributed by atoms with Gasteiger partial charge in [-0.1, -0.05) is 24.3 Å². The first-order valence-corrected chi connectivity index (χ1v) is 7.44. The van der Waals surface area contributed by atoms with E-state index in [1.165, 1.54) is 11.1 Å². The Morgan fingerprint density at radius 3 is 2.42 bits per heavy atom. The monoisotopic (exact) mass is 316 g/mol. The van der Waals surface area contributed by atoms with E-state index in [-0.39, 0.29) is 6.04 Å². The van der Waals surface area contributed by atoms with Crippen LogP contribution in [0.2, 0.25) is 0 Å². The van der Waals surface area contributed by atoms with Crippen LogP contribution in [-0.4, -0.2) is 11.0 Å². The maximum Gasteiger partial charge on any atom is 0.0420 e. The maximum absolute atomic E-state index is 6.38. The molecule has 0 spiro atoms. The molecule has 3 rings (SSSR count). The highest BCUT2D eigenvalue weighted by Gasteiger charge is 2.26. The van der Waals surface area contributed by atoms with Gasteiger partial charge in [-0.3, -0.25) is 4.98 Å². The average Bonchev–Trinajstić information content (AvgIpc) is 2.85. The van der Waals surface area contributed by atoms with Gasteiger partial charge in [-0.15, -0.1) is 0 Å². The van der Waals surface area contributed by atoms with Crippen LogP contribution in [0.1, 0.15) is 16.8 Å². The number of halogens is 1. The predicted molar refractivity (Wildman–Crippen MR) is 81.0 cm³/mol. The highest BCUT2D eigenvalue weighted by atomic mass is 79.9. The van der Waals surface area contributed by atoms with Crippen molar-refractivity contribution in [3.63, 3.8) is 0 Å². The molecule has 0 fully saturated rings. The largest absolute Gasteiger partial charge is 0.327 e. The minimum Gasteiger partial charge on any atom is -0.327 e. The summed E-state index contributed by atoms with van der Waals surface area (Å²) >= 11 is 3.40. The van der Waals surface area contributed by atoms with E-state index in [1.807, 2.05) is 18.3 Å². The summed E-state index contributed by atoms with van der Waals surface area (Å²) in [5, 5.41) is 0. The maximum atomic E-state index is 6.38. The van der Waals surface area contributed by atoms with Crippen LogP contribution in [-0.2, 0) is 19.3 Å². The summed E-state index contributed by atoms with van der Waals surface area (Å²) in [7, 11) is 0. The van der Waals surface area contributed by atoms with Gasteiger partial charge in [0.25, 0.3) is 0 Å². The van der Waals surface area contributed by atoms with Crippen LogP contribution in [0.3, 0.4) is 0 Å². The van der Waals surface area contributed by atoms with Crippen LogP contribution in [0.15, 0.2) is 47.1 Å². The van der Waals surface area contributed by atoms with Crippen molar-refractivity contribution in [2.45, 2.75) is 25.3 Å². The van der Waals surface area contributed by atoms with Gasteiger partial charge in [0.15, 0.2) is 0 Å². The van der Waals surface area contributed by atoms with Crippen molar-refractivity contribution in [3.8, 4) is 0 Å². The fourth-order valence-electron chi connectivity index (χ4n) is 2.83. The standard InChI is InChI=1S/C16H17BrN2/c17-14-5-6-15(19-10-14)9-16(18)13-7-11-3-1-2-4-12(11)8-13/h1-6,10,13,16H,7-9,18H2. The Bertz CT molecular complexity index is 540. The summed E-state index contributed by atoms with van der Waals surface area (Å²) in [6, 6.07) is 12.9. The quantitative estimate of drug-likeness (QED) is 0.944. The Hall–Kier alpha value is -1.19. The summed E-state index contributed by atoms with van der Waals surface area (Å²) in [4.78, 5) is 4.41. The molecule has 0 radical (unpaired) electrons.